The summed E-state index contributed by atoms with van der Waals surface area (Å²) in [6.07, 6.45) is 2.05. The summed E-state index contributed by atoms with van der Waals surface area (Å²) in [5, 5.41) is 5.28. The molecule has 0 saturated heterocycles. The molecule has 0 spiro atoms. The normalized spacial score (nSPS) is 9.83. The van der Waals surface area contributed by atoms with Crippen LogP contribution in [-0.2, 0) is 4.79 Å². The molecule has 18 heavy (non-hydrogen) atoms. The number of rotatable bonds is 4. The lowest BCUT2D eigenvalue weighted by Gasteiger charge is -2.08. The predicted octanol–water partition coefficient (Wildman–Crippen LogP) is 2.41. The van der Waals surface area contributed by atoms with Gasteiger partial charge in [0.25, 0.3) is 5.91 Å². The Bertz CT molecular complexity index is 562. The summed E-state index contributed by atoms with van der Waals surface area (Å²) < 4.78 is 5.00. The molecule has 2 amide bonds. The van der Waals surface area contributed by atoms with Crippen LogP contribution in [0.3, 0.4) is 0 Å². The van der Waals surface area contributed by atoms with E-state index in [-0.39, 0.29) is 11.7 Å². The molecule has 0 bridgehead atoms. The van der Waals surface area contributed by atoms with Gasteiger partial charge in [-0.3, -0.25) is 9.59 Å². The predicted molar refractivity (Wildman–Crippen MR) is 67.5 cm³/mol. The van der Waals surface area contributed by atoms with Crippen molar-refractivity contribution in [3.05, 3.63) is 47.9 Å². The first-order valence-corrected chi connectivity index (χ1v) is 5.36. The Labute approximate surface area is 104 Å². The van der Waals surface area contributed by atoms with Gasteiger partial charge in [-0.05, 0) is 42.8 Å². The van der Waals surface area contributed by atoms with Gasteiger partial charge in [0.15, 0.2) is 5.76 Å². The van der Waals surface area contributed by atoms with Crippen molar-refractivity contribution in [3.63, 3.8) is 0 Å². The largest absolute Gasteiger partial charge is 0.459 e. The second-order valence-corrected chi connectivity index (χ2v) is 3.72. The summed E-state index contributed by atoms with van der Waals surface area (Å²) in [6, 6.07) is 8.44. The van der Waals surface area contributed by atoms with E-state index in [1.165, 1.54) is 6.26 Å². The smallest absolute Gasteiger partial charge is 0.291 e. The topological polar surface area (TPSA) is 71.3 Å². The van der Waals surface area contributed by atoms with Gasteiger partial charge in [0.05, 0.1) is 6.26 Å². The van der Waals surface area contributed by atoms with Crippen molar-refractivity contribution >= 4 is 23.7 Å². The van der Waals surface area contributed by atoms with Gasteiger partial charge >= 0.3 is 0 Å². The summed E-state index contributed by atoms with van der Waals surface area (Å²) in [5.74, 6) is -0.0521. The molecular formula is C13H12N2O3. The van der Waals surface area contributed by atoms with Crippen molar-refractivity contribution in [2.45, 2.75) is 6.92 Å². The van der Waals surface area contributed by atoms with Gasteiger partial charge < -0.3 is 15.1 Å². The summed E-state index contributed by atoms with van der Waals surface area (Å²) in [4.78, 5) is 22.1. The first-order chi connectivity index (χ1) is 8.70. The van der Waals surface area contributed by atoms with Gasteiger partial charge in [0.2, 0.25) is 6.41 Å². The Morgan fingerprint density at radius 2 is 2.17 bits per heavy atom. The summed E-state index contributed by atoms with van der Waals surface area (Å²) in [5.41, 5.74) is 2.20. The molecule has 2 rings (SSSR count). The van der Waals surface area contributed by atoms with Crippen LogP contribution >= 0.6 is 0 Å². The van der Waals surface area contributed by atoms with E-state index in [4.69, 9.17) is 4.42 Å². The third-order valence-electron chi connectivity index (χ3n) is 2.45. The van der Waals surface area contributed by atoms with Gasteiger partial charge in [-0.1, -0.05) is 0 Å². The Hall–Kier alpha value is -2.56. The Kier molecular flexibility index (Phi) is 3.43. The van der Waals surface area contributed by atoms with E-state index in [9.17, 15) is 9.59 Å². The Morgan fingerprint density at radius 1 is 1.33 bits per heavy atom. The zero-order valence-electron chi connectivity index (χ0n) is 9.77. The van der Waals surface area contributed by atoms with Gasteiger partial charge in [0.1, 0.15) is 0 Å². The van der Waals surface area contributed by atoms with Crippen LogP contribution in [0.25, 0.3) is 0 Å². The van der Waals surface area contributed by atoms with E-state index in [1.807, 2.05) is 6.92 Å². The quantitative estimate of drug-likeness (QED) is 0.811. The molecule has 92 valence electrons. The van der Waals surface area contributed by atoms with Crippen molar-refractivity contribution in [2.75, 3.05) is 10.6 Å². The zero-order chi connectivity index (χ0) is 13.0. The lowest BCUT2D eigenvalue weighted by Crippen LogP contribution is -2.11. The van der Waals surface area contributed by atoms with Gasteiger partial charge in [-0.15, -0.1) is 0 Å². The third kappa shape index (κ3) is 2.57. The van der Waals surface area contributed by atoms with Crippen LogP contribution in [0.5, 0.6) is 0 Å². The zero-order valence-corrected chi connectivity index (χ0v) is 9.77. The van der Waals surface area contributed by atoms with E-state index in [0.717, 1.165) is 5.56 Å². The molecule has 2 aromatic rings. The number of benzene rings is 1. The minimum atomic E-state index is -0.306. The molecule has 0 aliphatic heterocycles. The van der Waals surface area contributed by atoms with Crippen molar-refractivity contribution < 1.29 is 14.0 Å². The first kappa shape index (κ1) is 11.9. The number of carbonyl (C=O) groups excluding carboxylic acids is 2. The second-order valence-electron chi connectivity index (χ2n) is 3.72. The minimum Gasteiger partial charge on any atom is -0.459 e. The molecule has 2 N–H and O–H groups in total. The van der Waals surface area contributed by atoms with Crippen molar-refractivity contribution in [3.8, 4) is 0 Å². The van der Waals surface area contributed by atoms with Crippen LogP contribution in [0.4, 0.5) is 11.4 Å². The molecule has 0 fully saturated rings. The molecule has 5 nitrogen and oxygen atoms in total. The lowest BCUT2D eigenvalue weighted by atomic mass is 10.1. The first-order valence-electron chi connectivity index (χ1n) is 5.36. The summed E-state index contributed by atoms with van der Waals surface area (Å²) >= 11 is 0. The number of amides is 2. The van der Waals surface area contributed by atoms with Crippen LogP contribution in [0, 0.1) is 6.92 Å². The van der Waals surface area contributed by atoms with Crippen LogP contribution in [-0.4, -0.2) is 12.3 Å². The molecule has 0 aliphatic rings. The highest BCUT2D eigenvalue weighted by Crippen LogP contribution is 2.20. The van der Waals surface area contributed by atoms with E-state index < -0.39 is 0 Å². The molecule has 0 radical (unpaired) electrons. The molecule has 0 saturated carbocycles. The van der Waals surface area contributed by atoms with Gasteiger partial charge in [0, 0.05) is 11.4 Å². The van der Waals surface area contributed by atoms with Crippen LogP contribution in [0.1, 0.15) is 16.1 Å². The maximum Gasteiger partial charge on any atom is 0.291 e. The highest BCUT2D eigenvalue weighted by molar-refractivity contribution is 6.02. The number of hydrogen-bond acceptors (Lipinski definition) is 3. The summed E-state index contributed by atoms with van der Waals surface area (Å²) in [7, 11) is 0. The molecule has 1 heterocycles. The van der Waals surface area contributed by atoms with E-state index in [0.29, 0.717) is 17.8 Å². The molecule has 5 heteroatoms. The standard InChI is InChI=1S/C13H12N2O3/c1-9-7-10(14-8-16)4-5-11(9)15-13(17)12-3-2-6-18-12/h2-8H,1H3,(H,14,16)(H,15,17). The Balaban J connectivity index is 2.14. The monoisotopic (exact) mass is 244 g/mol. The molecule has 0 atom stereocenters. The fourth-order valence-corrected chi connectivity index (χ4v) is 1.55. The fourth-order valence-electron chi connectivity index (χ4n) is 1.55. The van der Waals surface area contributed by atoms with E-state index in [1.54, 1.807) is 30.3 Å². The van der Waals surface area contributed by atoms with E-state index in [2.05, 4.69) is 10.6 Å². The van der Waals surface area contributed by atoms with Crippen molar-refractivity contribution in [1.82, 2.24) is 0 Å². The summed E-state index contributed by atoms with van der Waals surface area (Å²) in [6.45, 7) is 1.84. The molecule has 0 aliphatic carbocycles. The maximum absolute atomic E-state index is 11.8. The minimum absolute atomic E-state index is 0.254. The molecule has 1 aromatic heterocycles. The number of carbonyl (C=O) groups is 2. The van der Waals surface area contributed by atoms with Crippen LogP contribution in [0.2, 0.25) is 0 Å². The van der Waals surface area contributed by atoms with Crippen LogP contribution < -0.4 is 10.6 Å². The second kappa shape index (κ2) is 5.18. The Morgan fingerprint density at radius 3 is 2.78 bits per heavy atom. The molecular weight excluding hydrogens is 232 g/mol. The average molecular weight is 244 g/mol. The molecule has 1 aromatic carbocycles. The number of aryl methyl sites for hydroxylation is 1. The third-order valence-corrected chi connectivity index (χ3v) is 2.45. The fraction of sp³-hybridized carbons (Fsp3) is 0.0769. The van der Waals surface area contributed by atoms with Gasteiger partial charge in [-0.25, -0.2) is 0 Å². The van der Waals surface area contributed by atoms with Crippen LogP contribution in [0.15, 0.2) is 41.0 Å². The highest BCUT2D eigenvalue weighted by atomic mass is 16.3. The highest BCUT2D eigenvalue weighted by Gasteiger charge is 2.10. The van der Waals surface area contributed by atoms with E-state index >= 15 is 0 Å². The number of furan rings is 1. The average Bonchev–Trinajstić information content (AvgIpc) is 2.86. The SMILES string of the molecule is Cc1cc(NC=O)ccc1NC(=O)c1ccco1. The van der Waals surface area contributed by atoms with Crippen molar-refractivity contribution in [2.24, 2.45) is 0 Å². The number of anilines is 2. The number of hydrogen-bond donors (Lipinski definition) is 2. The lowest BCUT2D eigenvalue weighted by molar-refractivity contribution is -0.105. The van der Waals surface area contributed by atoms with Crippen molar-refractivity contribution in [1.29, 1.82) is 0 Å². The van der Waals surface area contributed by atoms with Gasteiger partial charge in [-0.2, -0.15) is 0 Å². The maximum atomic E-state index is 11.8. The molecule has 0 unspecified atom stereocenters. The number of nitrogens with one attached hydrogen (secondary N) is 2.